The fourth-order valence-corrected chi connectivity index (χ4v) is 2.25. The lowest BCUT2D eigenvalue weighted by Crippen LogP contribution is -2.48. The van der Waals surface area contributed by atoms with Crippen molar-refractivity contribution < 1.29 is 14.7 Å². The Hall–Kier alpha value is -2.11. The summed E-state index contributed by atoms with van der Waals surface area (Å²) in [6.45, 7) is 4.59. The molecule has 1 saturated heterocycles. The Morgan fingerprint density at radius 2 is 1.95 bits per heavy atom. The van der Waals surface area contributed by atoms with Gasteiger partial charge in [-0.3, -0.25) is 9.59 Å². The summed E-state index contributed by atoms with van der Waals surface area (Å²) >= 11 is 0. The third-order valence-electron chi connectivity index (χ3n) is 3.49. The second-order valence-corrected chi connectivity index (χ2v) is 4.91. The number of carbonyl (C=O) groups is 2. The van der Waals surface area contributed by atoms with Crippen LogP contribution in [0.4, 0.5) is 5.82 Å². The first-order valence-electron chi connectivity index (χ1n) is 6.73. The Morgan fingerprint density at radius 1 is 1.25 bits per heavy atom. The highest BCUT2D eigenvalue weighted by Crippen LogP contribution is 2.14. The summed E-state index contributed by atoms with van der Waals surface area (Å²) in [7, 11) is 0. The lowest BCUT2D eigenvalue weighted by atomic mass is 10.1. The standard InChI is InChI=1S/C14H19N3O3/c1-11(18)16-6-8-17(9-7-16)13-4-2-12(10-15-13)3-5-14(19)20/h2,4,10H,3,5-9H2,1H3,(H,19,20). The number of pyridine rings is 1. The smallest absolute Gasteiger partial charge is 0.303 e. The van der Waals surface area contributed by atoms with Crippen molar-refractivity contribution >= 4 is 17.7 Å². The van der Waals surface area contributed by atoms with Gasteiger partial charge in [-0.25, -0.2) is 4.98 Å². The van der Waals surface area contributed by atoms with E-state index in [2.05, 4.69) is 9.88 Å². The number of aliphatic carboxylic acids is 1. The molecular formula is C14H19N3O3. The third-order valence-corrected chi connectivity index (χ3v) is 3.49. The molecule has 0 aromatic carbocycles. The maximum Gasteiger partial charge on any atom is 0.303 e. The quantitative estimate of drug-likeness (QED) is 0.880. The van der Waals surface area contributed by atoms with Crippen molar-refractivity contribution in [3.05, 3.63) is 23.9 Å². The molecule has 0 unspecified atom stereocenters. The SMILES string of the molecule is CC(=O)N1CCN(c2ccc(CCC(=O)O)cn2)CC1. The van der Waals surface area contributed by atoms with Crippen LogP contribution in [0.1, 0.15) is 18.9 Å². The van der Waals surface area contributed by atoms with Crippen LogP contribution in [0.3, 0.4) is 0 Å². The van der Waals surface area contributed by atoms with Gasteiger partial charge in [-0.2, -0.15) is 0 Å². The minimum Gasteiger partial charge on any atom is -0.481 e. The van der Waals surface area contributed by atoms with Crippen molar-refractivity contribution in [1.82, 2.24) is 9.88 Å². The molecule has 0 atom stereocenters. The summed E-state index contributed by atoms with van der Waals surface area (Å²) in [5, 5.41) is 8.64. The first kappa shape index (κ1) is 14.3. The van der Waals surface area contributed by atoms with Crippen LogP contribution >= 0.6 is 0 Å². The highest BCUT2D eigenvalue weighted by Gasteiger charge is 2.19. The molecule has 20 heavy (non-hydrogen) atoms. The van der Waals surface area contributed by atoms with E-state index in [4.69, 9.17) is 5.11 Å². The Morgan fingerprint density at radius 3 is 2.45 bits per heavy atom. The minimum absolute atomic E-state index is 0.113. The van der Waals surface area contributed by atoms with Crippen LogP contribution in [0.2, 0.25) is 0 Å². The Kier molecular flexibility index (Phi) is 4.55. The van der Waals surface area contributed by atoms with E-state index in [-0.39, 0.29) is 12.3 Å². The molecule has 2 heterocycles. The third kappa shape index (κ3) is 3.69. The van der Waals surface area contributed by atoms with E-state index in [9.17, 15) is 9.59 Å². The molecule has 0 radical (unpaired) electrons. The van der Waals surface area contributed by atoms with Crippen LogP contribution in [-0.2, 0) is 16.0 Å². The molecule has 1 aliphatic heterocycles. The lowest BCUT2D eigenvalue weighted by Gasteiger charge is -2.34. The number of carboxylic acid groups (broad SMARTS) is 1. The fraction of sp³-hybridized carbons (Fsp3) is 0.500. The van der Waals surface area contributed by atoms with Crippen molar-refractivity contribution in [2.45, 2.75) is 19.8 Å². The van der Waals surface area contributed by atoms with Gasteiger partial charge in [0.05, 0.1) is 0 Å². The molecule has 0 spiro atoms. The van der Waals surface area contributed by atoms with E-state index in [1.54, 1.807) is 13.1 Å². The predicted octanol–water partition coefficient (Wildman–Crippen LogP) is 0.767. The number of aromatic nitrogens is 1. The van der Waals surface area contributed by atoms with Gasteiger partial charge in [0.15, 0.2) is 0 Å². The van der Waals surface area contributed by atoms with E-state index in [0.717, 1.165) is 37.6 Å². The number of hydrogen-bond acceptors (Lipinski definition) is 4. The Labute approximate surface area is 118 Å². The molecule has 1 aromatic rings. The molecule has 1 aliphatic rings. The average Bonchev–Trinajstić information content (AvgIpc) is 2.46. The molecule has 0 saturated carbocycles. The zero-order valence-electron chi connectivity index (χ0n) is 11.6. The van der Waals surface area contributed by atoms with E-state index >= 15 is 0 Å². The van der Waals surface area contributed by atoms with Gasteiger partial charge >= 0.3 is 5.97 Å². The van der Waals surface area contributed by atoms with Gasteiger partial charge in [-0.1, -0.05) is 6.07 Å². The van der Waals surface area contributed by atoms with Crippen LogP contribution in [0.5, 0.6) is 0 Å². The van der Waals surface area contributed by atoms with Gasteiger partial charge in [0, 0.05) is 45.7 Å². The van der Waals surface area contributed by atoms with E-state index in [1.807, 2.05) is 17.0 Å². The topological polar surface area (TPSA) is 73.7 Å². The van der Waals surface area contributed by atoms with Crippen molar-refractivity contribution in [2.24, 2.45) is 0 Å². The molecule has 1 fully saturated rings. The molecular weight excluding hydrogens is 258 g/mol. The van der Waals surface area contributed by atoms with Gasteiger partial charge in [-0.15, -0.1) is 0 Å². The van der Waals surface area contributed by atoms with Crippen LogP contribution in [0.25, 0.3) is 0 Å². The molecule has 1 amide bonds. The first-order chi connectivity index (χ1) is 9.56. The molecule has 1 aromatic heterocycles. The van der Waals surface area contributed by atoms with Gasteiger partial charge < -0.3 is 14.9 Å². The molecule has 6 nitrogen and oxygen atoms in total. The zero-order chi connectivity index (χ0) is 14.5. The van der Waals surface area contributed by atoms with Crippen LogP contribution in [0.15, 0.2) is 18.3 Å². The van der Waals surface area contributed by atoms with Crippen LogP contribution in [-0.4, -0.2) is 53.0 Å². The summed E-state index contributed by atoms with van der Waals surface area (Å²) in [4.78, 5) is 30.1. The number of hydrogen-bond donors (Lipinski definition) is 1. The van der Waals surface area contributed by atoms with Crippen molar-refractivity contribution in [2.75, 3.05) is 31.1 Å². The van der Waals surface area contributed by atoms with Gasteiger partial charge in [0.2, 0.25) is 5.91 Å². The summed E-state index contributed by atoms with van der Waals surface area (Å²) in [5.41, 5.74) is 0.929. The van der Waals surface area contributed by atoms with Gasteiger partial charge in [0.1, 0.15) is 5.82 Å². The molecule has 1 N–H and O–H groups in total. The summed E-state index contributed by atoms with van der Waals surface area (Å²) in [6, 6.07) is 3.84. The van der Waals surface area contributed by atoms with E-state index < -0.39 is 5.97 Å². The number of nitrogens with zero attached hydrogens (tertiary/aromatic N) is 3. The summed E-state index contributed by atoms with van der Waals surface area (Å²) in [6.07, 6.45) is 2.36. The Bertz CT molecular complexity index is 479. The maximum atomic E-state index is 11.3. The highest BCUT2D eigenvalue weighted by molar-refractivity contribution is 5.73. The van der Waals surface area contributed by atoms with Gasteiger partial charge in [-0.05, 0) is 18.1 Å². The molecule has 2 rings (SSSR count). The van der Waals surface area contributed by atoms with Crippen LogP contribution in [0, 0.1) is 0 Å². The van der Waals surface area contributed by atoms with E-state index in [0.29, 0.717) is 6.42 Å². The van der Waals surface area contributed by atoms with Crippen LogP contribution < -0.4 is 4.90 Å². The second kappa shape index (κ2) is 6.36. The summed E-state index contributed by atoms with van der Waals surface area (Å²) < 4.78 is 0. The van der Waals surface area contributed by atoms with Crippen molar-refractivity contribution in [3.63, 3.8) is 0 Å². The first-order valence-corrected chi connectivity index (χ1v) is 6.73. The molecule has 6 heteroatoms. The molecule has 0 bridgehead atoms. The van der Waals surface area contributed by atoms with Crippen molar-refractivity contribution in [3.8, 4) is 0 Å². The fourth-order valence-electron chi connectivity index (χ4n) is 2.25. The number of amides is 1. The van der Waals surface area contributed by atoms with E-state index in [1.165, 1.54) is 0 Å². The second-order valence-electron chi connectivity index (χ2n) is 4.91. The number of aryl methyl sites for hydroxylation is 1. The minimum atomic E-state index is -0.797. The number of carbonyl (C=O) groups excluding carboxylic acids is 1. The normalized spacial score (nSPS) is 15.2. The van der Waals surface area contributed by atoms with Crippen molar-refractivity contribution in [1.29, 1.82) is 0 Å². The maximum absolute atomic E-state index is 11.3. The molecule has 108 valence electrons. The number of rotatable bonds is 4. The lowest BCUT2D eigenvalue weighted by molar-refractivity contribution is -0.137. The largest absolute Gasteiger partial charge is 0.481 e. The number of carboxylic acids is 1. The number of anilines is 1. The number of piperazine rings is 1. The van der Waals surface area contributed by atoms with Gasteiger partial charge in [0.25, 0.3) is 0 Å². The highest BCUT2D eigenvalue weighted by atomic mass is 16.4. The monoisotopic (exact) mass is 277 g/mol. The predicted molar refractivity (Wildman–Crippen MR) is 74.7 cm³/mol. The molecule has 0 aliphatic carbocycles. The summed E-state index contributed by atoms with van der Waals surface area (Å²) in [5.74, 6) is 0.198. The average molecular weight is 277 g/mol. The zero-order valence-corrected chi connectivity index (χ0v) is 11.6. The Balaban J connectivity index is 1.90.